The Bertz CT molecular complexity index is 3730. The molecule has 0 saturated carbocycles. The lowest BCUT2D eigenvalue weighted by atomic mass is 9.87. The lowest BCUT2D eigenvalue weighted by molar-refractivity contribution is 0.483. The summed E-state index contributed by atoms with van der Waals surface area (Å²) >= 11 is 0. The zero-order valence-electron chi connectivity index (χ0n) is 39.5. The maximum absolute atomic E-state index is 14.8. The van der Waals surface area contributed by atoms with Crippen LogP contribution in [-0.4, -0.2) is 16.2 Å². The van der Waals surface area contributed by atoms with E-state index in [2.05, 4.69) is 187 Å². The molecule has 0 atom stereocenters. The molecule has 0 amide bonds. The molecule has 11 aromatic rings. The number of pyridine rings is 1. The predicted octanol–water partition coefficient (Wildman–Crippen LogP) is 17.5. The van der Waals surface area contributed by atoms with Crippen LogP contribution in [0.3, 0.4) is 0 Å². The van der Waals surface area contributed by atoms with Gasteiger partial charge in [-0.25, -0.2) is 13.8 Å². The molecule has 1 aliphatic heterocycles. The van der Waals surface area contributed by atoms with E-state index in [0.29, 0.717) is 23.7 Å². The molecule has 5 nitrogen and oxygen atoms in total. The highest BCUT2D eigenvalue weighted by Crippen LogP contribution is 2.50. The first-order valence-electron chi connectivity index (χ1n) is 23.9. The SMILES string of the molecule is CC(C)(C)c1ccnc(-n2c3ccccc3c3ccc(Oc4cc(-c5c(-c6ccccc6)cccc5-c5ccccc5)cc(N5CN(c6ccccc6-c6cc(F)cc(F)c6)c6ccccc65)c4)cc32)c1. The van der Waals surface area contributed by atoms with E-state index >= 15 is 0 Å². The number of aromatic nitrogens is 2. The summed E-state index contributed by atoms with van der Waals surface area (Å²) < 4.78 is 39.0. The van der Waals surface area contributed by atoms with Crippen LogP contribution in [0.4, 0.5) is 31.5 Å². The number of ether oxygens (including phenoxy) is 1. The van der Waals surface area contributed by atoms with E-state index in [4.69, 9.17) is 9.72 Å². The van der Waals surface area contributed by atoms with Crippen LogP contribution in [0.25, 0.3) is 72.1 Å². The van der Waals surface area contributed by atoms with Gasteiger partial charge in [-0.3, -0.25) is 4.57 Å². The van der Waals surface area contributed by atoms with Crippen molar-refractivity contribution in [1.82, 2.24) is 9.55 Å². The number of fused-ring (bicyclic) bond motifs is 4. The van der Waals surface area contributed by atoms with E-state index in [-0.39, 0.29) is 5.41 Å². The Morgan fingerprint density at radius 1 is 0.451 bits per heavy atom. The van der Waals surface area contributed by atoms with E-state index in [1.54, 1.807) is 0 Å². The molecule has 0 aliphatic carbocycles. The lowest BCUT2D eigenvalue weighted by Gasteiger charge is -2.25. The fourth-order valence-electron chi connectivity index (χ4n) is 10.2. The van der Waals surface area contributed by atoms with Gasteiger partial charge in [-0.05, 0) is 123 Å². The third-order valence-corrected chi connectivity index (χ3v) is 13.6. The molecule has 2 aromatic heterocycles. The second-order valence-corrected chi connectivity index (χ2v) is 19.1. The second-order valence-electron chi connectivity index (χ2n) is 19.1. The van der Waals surface area contributed by atoms with Gasteiger partial charge in [0.1, 0.15) is 35.6 Å². The molecule has 7 heteroatoms. The Balaban J connectivity index is 1.05. The maximum Gasteiger partial charge on any atom is 0.137 e. The van der Waals surface area contributed by atoms with Gasteiger partial charge < -0.3 is 14.5 Å². The van der Waals surface area contributed by atoms with Gasteiger partial charge in [0, 0.05) is 46.4 Å². The zero-order chi connectivity index (χ0) is 48.2. The summed E-state index contributed by atoms with van der Waals surface area (Å²) in [5.41, 5.74) is 14.4. The molecule has 0 radical (unpaired) electrons. The van der Waals surface area contributed by atoms with Crippen molar-refractivity contribution >= 4 is 44.6 Å². The van der Waals surface area contributed by atoms with Gasteiger partial charge in [0.25, 0.3) is 0 Å². The largest absolute Gasteiger partial charge is 0.457 e. The fourth-order valence-corrected chi connectivity index (χ4v) is 10.2. The Kier molecular flexibility index (Phi) is 10.8. The van der Waals surface area contributed by atoms with Crippen molar-refractivity contribution in [2.24, 2.45) is 0 Å². The summed E-state index contributed by atoms with van der Waals surface area (Å²) in [5.74, 6) is 0.926. The van der Waals surface area contributed by atoms with Crippen LogP contribution >= 0.6 is 0 Å². The van der Waals surface area contributed by atoms with Gasteiger partial charge in [-0.1, -0.05) is 148 Å². The number of para-hydroxylation sites is 4. The number of nitrogens with zero attached hydrogens (tertiary/aromatic N) is 4. The standard InChI is InChI=1S/C64H48F2N4O/c1-64(2,3)46-31-32-67-62(37-46)70-58-26-13-11-22-55(58)56-30-29-50(40-61(56)70)71-51-36-45(63-53(42-17-6-4-7-18-42)23-16-24-54(63)43-19-8-5-9-20-43)35-49(39-51)68-41-69(60-28-15-14-27-59(60)68)57-25-12-10-21-52(57)44-33-47(65)38-48(66)34-44/h4-40H,41H2,1-3H3. The number of halogens is 2. The molecule has 344 valence electrons. The molecule has 0 N–H and O–H groups in total. The first-order chi connectivity index (χ1) is 34.6. The van der Waals surface area contributed by atoms with Gasteiger partial charge in [0.05, 0.1) is 28.1 Å². The van der Waals surface area contributed by atoms with Gasteiger partial charge in [0.2, 0.25) is 0 Å². The Labute approximate surface area is 412 Å². The van der Waals surface area contributed by atoms with Crippen LogP contribution in [0.1, 0.15) is 26.3 Å². The van der Waals surface area contributed by atoms with Gasteiger partial charge in [-0.15, -0.1) is 0 Å². The van der Waals surface area contributed by atoms with E-state index < -0.39 is 11.6 Å². The minimum atomic E-state index is -0.625. The van der Waals surface area contributed by atoms with Crippen molar-refractivity contribution in [3.8, 4) is 61.8 Å². The van der Waals surface area contributed by atoms with Crippen LogP contribution < -0.4 is 14.5 Å². The monoisotopic (exact) mass is 926 g/mol. The minimum Gasteiger partial charge on any atom is -0.457 e. The number of anilines is 4. The average Bonchev–Trinajstić information content (AvgIpc) is 3.95. The van der Waals surface area contributed by atoms with E-state index in [9.17, 15) is 8.78 Å². The molecule has 1 aliphatic rings. The molecule has 0 saturated heterocycles. The molecular formula is C64H48F2N4O. The molecular weight excluding hydrogens is 879 g/mol. The van der Waals surface area contributed by atoms with Crippen molar-refractivity contribution in [2.75, 3.05) is 16.5 Å². The summed E-state index contributed by atoms with van der Waals surface area (Å²) in [7, 11) is 0. The first kappa shape index (κ1) is 43.5. The van der Waals surface area contributed by atoms with Crippen molar-refractivity contribution in [2.45, 2.75) is 26.2 Å². The van der Waals surface area contributed by atoms with Crippen molar-refractivity contribution < 1.29 is 13.5 Å². The van der Waals surface area contributed by atoms with E-state index in [1.165, 1.54) is 17.7 Å². The summed E-state index contributed by atoms with van der Waals surface area (Å²) in [4.78, 5) is 9.43. The highest BCUT2D eigenvalue weighted by molar-refractivity contribution is 6.09. The molecule has 12 rings (SSSR count). The van der Waals surface area contributed by atoms with Crippen molar-refractivity contribution in [3.63, 3.8) is 0 Å². The number of benzene rings is 9. The quantitative estimate of drug-likeness (QED) is 0.144. The highest BCUT2D eigenvalue weighted by atomic mass is 19.1. The number of hydrogen-bond donors (Lipinski definition) is 0. The van der Waals surface area contributed by atoms with Crippen LogP contribution in [0.5, 0.6) is 11.5 Å². The molecule has 0 spiro atoms. The zero-order valence-corrected chi connectivity index (χ0v) is 39.5. The fraction of sp³-hybridized carbons (Fsp3) is 0.0781. The summed E-state index contributed by atoms with van der Waals surface area (Å²) in [5, 5.41) is 2.23. The normalized spacial score (nSPS) is 12.5. The average molecular weight is 927 g/mol. The Morgan fingerprint density at radius 3 is 1.76 bits per heavy atom. The van der Waals surface area contributed by atoms with E-state index in [0.717, 1.165) is 95.4 Å². The van der Waals surface area contributed by atoms with E-state index in [1.807, 2.05) is 54.7 Å². The van der Waals surface area contributed by atoms with Crippen LogP contribution in [-0.2, 0) is 5.41 Å². The summed E-state index contributed by atoms with van der Waals surface area (Å²) in [6, 6.07) is 72.9. The van der Waals surface area contributed by atoms with Crippen molar-refractivity contribution in [3.05, 3.63) is 242 Å². The molecule has 9 aromatic carbocycles. The molecule has 3 heterocycles. The summed E-state index contributed by atoms with van der Waals surface area (Å²) in [6.07, 6.45) is 1.90. The third kappa shape index (κ3) is 8.05. The Morgan fingerprint density at radius 2 is 1.06 bits per heavy atom. The second kappa shape index (κ2) is 17.6. The predicted molar refractivity (Wildman–Crippen MR) is 287 cm³/mol. The van der Waals surface area contributed by atoms with Gasteiger partial charge >= 0.3 is 0 Å². The lowest BCUT2D eigenvalue weighted by Crippen LogP contribution is -2.24. The maximum atomic E-state index is 14.8. The van der Waals surface area contributed by atoms with Crippen LogP contribution in [0, 0.1) is 11.6 Å². The minimum absolute atomic E-state index is 0.0655. The number of hydrogen-bond acceptors (Lipinski definition) is 4. The first-order valence-corrected chi connectivity index (χ1v) is 23.9. The molecule has 0 unspecified atom stereocenters. The van der Waals surface area contributed by atoms with Crippen LogP contribution in [0.2, 0.25) is 0 Å². The molecule has 0 bridgehead atoms. The smallest absolute Gasteiger partial charge is 0.137 e. The van der Waals surface area contributed by atoms with Gasteiger partial charge in [-0.2, -0.15) is 0 Å². The van der Waals surface area contributed by atoms with Gasteiger partial charge in [0.15, 0.2) is 0 Å². The topological polar surface area (TPSA) is 33.5 Å². The van der Waals surface area contributed by atoms with Crippen LogP contribution in [0.15, 0.2) is 225 Å². The molecule has 0 fully saturated rings. The third-order valence-electron chi connectivity index (χ3n) is 13.6. The molecule has 71 heavy (non-hydrogen) atoms. The number of rotatable bonds is 9. The highest BCUT2D eigenvalue weighted by Gasteiger charge is 2.31. The summed E-state index contributed by atoms with van der Waals surface area (Å²) in [6.45, 7) is 7.08. The Hall–Kier alpha value is -8.81. The van der Waals surface area contributed by atoms with Crippen molar-refractivity contribution in [1.29, 1.82) is 0 Å².